The molecule has 4 nitrogen and oxygen atoms in total. The summed E-state index contributed by atoms with van der Waals surface area (Å²) in [6, 6.07) is 8.87. The second-order valence-electron chi connectivity index (χ2n) is 6.51. The van der Waals surface area contributed by atoms with Gasteiger partial charge in [-0.25, -0.2) is 0 Å². The Morgan fingerprint density at radius 3 is 2.96 bits per heavy atom. The molecule has 0 saturated heterocycles. The number of aromatic nitrogens is 2. The largest absolute Gasteiger partial charge is 0.394 e. The Morgan fingerprint density at radius 2 is 2.13 bits per heavy atom. The van der Waals surface area contributed by atoms with E-state index in [9.17, 15) is 0 Å². The van der Waals surface area contributed by atoms with E-state index in [1.165, 1.54) is 36.0 Å². The van der Waals surface area contributed by atoms with Crippen molar-refractivity contribution in [2.75, 3.05) is 13.2 Å². The summed E-state index contributed by atoms with van der Waals surface area (Å²) in [6.07, 6.45) is 3.78. The maximum atomic E-state index is 9.11. The monoisotopic (exact) mass is 313 g/mol. The maximum absolute atomic E-state index is 9.11. The number of nitrogens with one attached hydrogen (secondary N) is 1. The van der Waals surface area contributed by atoms with Gasteiger partial charge in [-0.2, -0.15) is 5.10 Å². The number of aliphatic hydroxyl groups is 1. The second-order valence-corrected chi connectivity index (χ2v) is 6.51. The summed E-state index contributed by atoms with van der Waals surface area (Å²) in [6.45, 7) is 6.70. The first kappa shape index (κ1) is 16.2. The molecule has 4 heteroatoms. The van der Waals surface area contributed by atoms with E-state index in [0.29, 0.717) is 12.5 Å². The molecule has 1 aliphatic rings. The van der Waals surface area contributed by atoms with Crippen molar-refractivity contribution in [3.63, 3.8) is 0 Å². The lowest BCUT2D eigenvalue weighted by atomic mass is 9.83. The second kappa shape index (κ2) is 7.28. The number of fused-ring (bicyclic) bond motifs is 1. The molecule has 0 saturated carbocycles. The highest BCUT2D eigenvalue weighted by Crippen LogP contribution is 2.30. The SMILES string of the molecule is Cc1nn(CCO)c(C)c1CNCC1CCCc2ccccc21. The minimum atomic E-state index is 0.133. The molecule has 0 spiro atoms. The number of benzene rings is 1. The van der Waals surface area contributed by atoms with E-state index in [4.69, 9.17) is 5.11 Å². The minimum Gasteiger partial charge on any atom is -0.394 e. The van der Waals surface area contributed by atoms with Crippen LogP contribution in [0.1, 0.15) is 46.8 Å². The maximum Gasteiger partial charge on any atom is 0.0644 e. The van der Waals surface area contributed by atoms with Crippen LogP contribution in [0, 0.1) is 13.8 Å². The van der Waals surface area contributed by atoms with Gasteiger partial charge in [-0.3, -0.25) is 4.68 Å². The van der Waals surface area contributed by atoms with Gasteiger partial charge in [0.25, 0.3) is 0 Å². The van der Waals surface area contributed by atoms with E-state index in [0.717, 1.165) is 24.5 Å². The number of aryl methyl sites for hydroxylation is 2. The fourth-order valence-electron chi connectivity index (χ4n) is 3.74. The molecule has 1 aromatic carbocycles. The molecule has 1 atom stereocenters. The molecule has 1 aliphatic carbocycles. The molecule has 1 aromatic heterocycles. The van der Waals surface area contributed by atoms with Crippen molar-refractivity contribution in [1.29, 1.82) is 0 Å². The smallest absolute Gasteiger partial charge is 0.0644 e. The fourth-order valence-corrected chi connectivity index (χ4v) is 3.74. The molecule has 23 heavy (non-hydrogen) atoms. The van der Waals surface area contributed by atoms with Crippen LogP contribution >= 0.6 is 0 Å². The molecule has 1 unspecified atom stereocenters. The minimum absolute atomic E-state index is 0.133. The van der Waals surface area contributed by atoms with Gasteiger partial charge in [0.1, 0.15) is 0 Å². The first-order chi connectivity index (χ1) is 11.2. The molecule has 0 fully saturated rings. The van der Waals surface area contributed by atoms with E-state index in [-0.39, 0.29) is 6.61 Å². The Morgan fingerprint density at radius 1 is 1.30 bits per heavy atom. The van der Waals surface area contributed by atoms with Crippen molar-refractivity contribution < 1.29 is 5.11 Å². The van der Waals surface area contributed by atoms with Gasteiger partial charge in [-0.15, -0.1) is 0 Å². The van der Waals surface area contributed by atoms with Crippen molar-refractivity contribution in [2.45, 2.75) is 52.1 Å². The zero-order valence-corrected chi connectivity index (χ0v) is 14.2. The molecule has 1 heterocycles. The van der Waals surface area contributed by atoms with Gasteiger partial charge in [0.15, 0.2) is 0 Å². The highest BCUT2D eigenvalue weighted by Gasteiger charge is 2.19. The summed E-state index contributed by atoms with van der Waals surface area (Å²) in [5.41, 5.74) is 6.53. The summed E-state index contributed by atoms with van der Waals surface area (Å²) >= 11 is 0. The Labute approximate surface area is 138 Å². The van der Waals surface area contributed by atoms with Crippen molar-refractivity contribution in [1.82, 2.24) is 15.1 Å². The highest BCUT2D eigenvalue weighted by atomic mass is 16.3. The zero-order valence-electron chi connectivity index (χ0n) is 14.2. The molecule has 2 aromatic rings. The zero-order chi connectivity index (χ0) is 16.2. The summed E-state index contributed by atoms with van der Waals surface area (Å²) in [7, 11) is 0. The number of hydrogen-bond acceptors (Lipinski definition) is 3. The predicted molar refractivity (Wildman–Crippen MR) is 92.6 cm³/mol. The Hall–Kier alpha value is -1.65. The normalized spacial score (nSPS) is 17.3. The van der Waals surface area contributed by atoms with E-state index >= 15 is 0 Å². The lowest BCUT2D eigenvalue weighted by Crippen LogP contribution is -2.24. The van der Waals surface area contributed by atoms with Gasteiger partial charge < -0.3 is 10.4 Å². The molecule has 0 radical (unpaired) electrons. The van der Waals surface area contributed by atoms with Crippen LogP contribution in [0.4, 0.5) is 0 Å². The molecular weight excluding hydrogens is 286 g/mol. The topological polar surface area (TPSA) is 50.1 Å². The van der Waals surface area contributed by atoms with Crippen molar-refractivity contribution in [3.05, 3.63) is 52.3 Å². The van der Waals surface area contributed by atoms with Gasteiger partial charge in [0.05, 0.1) is 18.8 Å². The van der Waals surface area contributed by atoms with Crippen LogP contribution in [0.2, 0.25) is 0 Å². The predicted octanol–water partition coefficient (Wildman–Crippen LogP) is 2.70. The van der Waals surface area contributed by atoms with Crippen molar-refractivity contribution in [2.24, 2.45) is 0 Å². The molecule has 0 amide bonds. The first-order valence-corrected chi connectivity index (χ1v) is 8.63. The van der Waals surface area contributed by atoms with Gasteiger partial charge in [0, 0.05) is 24.3 Å². The highest BCUT2D eigenvalue weighted by molar-refractivity contribution is 5.33. The van der Waals surface area contributed by atoms with Crippen LogP contribution in [0.3, 0.4) is 0 Å². The molecular formula is C19H27N3O. The van der Waals surface area contributed by atoms with E-state index in [1.54, 1.807) is 0 Å². The van der Waals surface area contributed by atoms with E-state index < -0.39 is 0 Å². The Kier molecular flexibility index (Phi) is 5.13. The van der Waals surface area contributed by atoms with Crippen LogP contribution in [-0.2, 0) is 19.5 Å². The average molecular weight is 313 g/mol. The van der Waals surface area contributed by atoms with Crippen LogP contribution in [0.25, 0.3) is 0 Å². The molecule has 124 valence electrons. The molecule has 3 rings (SSSR count). The quantitative estimate of drug-likeness (QED) is 0.862. The van der Waals surface area contributed by atoms with Gasteiger partial charge in [0.2, 0.25) is 0 Å². The molecule has 2 N–H and O–H groups in total. The lowest BCUT2D eigenvalue weighted by Gasteiger charge is -2.25. The number of nitrogens with zero attached hydrogens (tertiary/aromatic N) is 2. The van der Waals surface area contributed by atoms with Gasteiger partial charge in [-0.1, -0.05) is 24.3 Å². The standard InChI is InChI=1S/C19H27N3O/c1-14-19(15(2)22(21-14)10-11-23)13-20-12-17-8-5-7-16-6-3-4-9-18(16)17/h3-4,6,9,17,20,23H,5,7-8,10-13H2,1-2H3. The summed E-state index contributed by atoms with van der Waals surface area (Å²) in [5.74, 6) is 0.619. The van der Waals surface area contributed by atoms with Crippen LogP contribution < -0.4 is 5.32 Å². The summed E-state index contributed by atoms with van der Waals surface area (Å²) in [5, 5.41) is 17.3. The van der Waals surface area contributed by atoms with Crippen LogP contribution in [0.15, 0.2) is 24.3 Å². The Balaban J connectivity index is 1.63. The molecule has 0 bridgehead atoms. The fraction of sp³-hybridized carbons (Fsp3) is 0.526. The molecule has 0 aliphatic heterocycles. The van der Waals surface area contributed by atoms with Gasteiger partial charge in [-0.05, 0) is 50.2 Å². The number of rotatable bonds is 6. The summed E-state index contributed by atoms with van der Waals surface area (Å²) < 4.78 is 1.91. The number of aliphatic hydroxyl groups excluding tert-OH is 1. The van der Waals surface area contributed by atoms with Crippen molar-refractivity contribution in [3.8, 4) is 0 Å². The third-order valence-electron chi connectivity index (χ3n) is 5.03. The third kappa shape index (κ3) is 3.48. The Bertz CT molecular complexity index is 663. The lowest BCUT2D eigenvalue weighted by molar-refractivity contribution is 0.267. The van der Waals surface area contributed by atoms with Crippen molar-refractivity contribution >= 4 is 0 Å². The summed E-state index contributed by atoms with van der Waals surface area (Å²) in [4.78, 5) is 0. The third-order valence-corrected chi connectivity index (χ3v) is 5.03. The van der Waals surface area contributed by atoms with Crippen LogP contribution in [0.5, 0.6) is 0 Å². The first-order valence-electron chi connectivity index (χ1n) is 8.63. The van der Waals surface area contributed by atoms with E-state index in [2.05, 4.69) is 41.6 Å². The van der Waals surface area contributed by atoms with Crippen LogP contribution in [-0.4, -0.2) is 28.0 Å². The number of hydrogen-bond donors (Lipinski definition) is 2. The average Bonchev–Trinajstić information content (AvgIpc) is 2.83. The van der Waals surface area contributed by atoms with Gasteiger partial charge >= 0.3 is 0 Å². The van der Waals surface area contributed by atoms with E-state index in [1.807, 2.05) is 11.6 Å².